The average Bonchev–Trinajstić information content (AvgIpc) is 2.69. The Hall–Kier alpha value is -0.600. The van der Waals surface area contributed by atoms with Crippen molar-refractivity contribution in [1.29, 1.82) is 0 Å². The molecule has 1 N–H and O–H groups in total. The second kappa shape index (κ2) is 6.81. The van der Waals surface area contributed by atoms with Crippen molar-refractivity contribution in [3.8, 4) is 0 Å². The SMILES string of the molecule is CC(=CCCNCC(C)C)c1ccsc1. The molecule has 15 heavy (non-hydrogen) atoms. The zero-order valence-electron chi connectivity index (χ0n) is 9.92. The van der Waals surface area contributed by atoms with E-state index in [0.717, 1.165) is 25.4 Å². The summed E-state index contributed by atoms with van der Waals surface area (Å²) in [6.45, 7) is 8.86. The Balaban J connectivity index is 2.21. The lowest BCUT2D eigenvalue weighted by atomic mass is 10.1. The van der Waals surface area contributed by atoms with E-state index < -0.39 is 0 Å². The van der Waals surface area contributed by atoms with Crippen LogP contribution >= 0.6 is 11.3 Å². The van der Waals surface area contributed by atoms with Gasteiger partial charge in [-0.15, -0.1) is 0 Å². The van der Waals surface area contributed by atoms with Crippen molar-refractivity contribution in [2.45, 2.75) is 27.2 Å². The molecule has 0 atom stereocenters. The van der Waals surface area contributed by atoms with Gasteiger partial charge in [0.05, 0.1) is 0 Å². The lowest BCUT2D eigenvalue weighted by Crippen LogP contribution is -2.20. The molecule has 84 valence electrons. The largest absolute Gasteiger partial charge is 0.316 e. The minimum absolute atomic E-state index is 0.743. The van der Waals surface area contributed by atoms with E-state index in [0.29, 0.717) is 0 Å². The molecule has 0 fully saturated rings. The predicted octanol–water partition coefficient (Wildman–Crippen LogP) is 3.79. The maximum absolute atomic E-state index is 3.44. The third kappa shape index (κ3) is 5.14. The van der Waals surface area contributed by atoms with Crippen molar-refractivity contribution in [2.75, 3.05) is 13.1 Å². The molecule has 0 unspecified atom stereocenters. The van der Waals surface area contributed by atoms with Crippen LogP contribution in [0.25, 0.3) is 5.57 Å². The van der Waals surface area contributed by atoms with E-state index in [1.807, 2.05) is 0 Å². The molecular weight excluding hydrogens is 202 g/mol. The van der Waals surface area contributed by atoms with Gasteiger partial charge in [-0.05, 0) is 60.3 Å². The highest BCUT2D eigenvalue weighted by Gasteiger charge is 1.95. The summed E-state index contributed by atoms with van der Waals surface area (Å²) in [4.78, 5) is 0. The molecule has 0 saturated heterocycles. The van der Waals surface area contributed by atoms with Gasteiger partial charge in [-0.2, -0.15) is 11.3 Å². The van der Waals surface area contributed by atoms with E-state index in [4.69, 9.17) is 0 Å². The fourth-order valence-corrected chi connectivity index (χ4v) is 2.10. The molecule has 0 saturated carbocycles. The van der Waals surface area contributed by atoms with Gasteiger partial charge in [0, 0.05) is 0 Å². The lowest BCUT2D eigenvalue weighted by Gasteiger charge is -2.05. The van der Waals surface area contributed by atoms with Gasteiger partial charge in [-0.1, -0.05) is 19.9 Å². The molecule has 1 heterocycles. The first-order valence-corrected chi connectivity index (χ1v) is 6.54. The van der Waals surface area contributed by atoms with Crippen LogP contribution in [0, 0.1) is 5.92 Å². The van der Waals surface area contributed by atoms with E-state index in [1.165, 1.54) is 11.1 Å². The summed E-state index contributed by atoms with van der Waals surface area (Å²) in [6, 6.07) is 2.18. The van der Waals surface area contributed by atoms with E-state index in [2.05, 4.69) is 49.0 Å². The zero-order valence-corrected chi connectivity index (χ0v) is 10.7. The molecule has 1 aromatic rings. The maximum Gasteiger partial charge on any atom is -0.00139 e. The van der Waals surface area contributed by atoms with Crippen LogP contribution in [0.15, 0.2) is 22.9 Å². The number of hydrogen-bond acceptors (Lipinski definition) is 2. The number of hydrogen-bond donors (Lipinski definition) is 1. The van der Waals surface area contributed by atoms with Gasteiger partial charge in [0.2, 0.25) is 0 Å². The predicted molar refractivity (Wildman–Crippen MR) is 70.3 cm³/mol. The van der Waals surface area contributed by atoms with Crippen LogP contribution in [0.3, 0.4) is 0 Å². The second-order valence-electron chi connectivity index (χ2n) is 4.29. The molecule has 0 radical (unpaired) electrons. The molecule has 0 aliphatic heterocycles. The Morgan fingerprint density at radius 2 is 2.33 bits per heavy atom. The maximum atomic E-state index is 3.44. The molecule has 1 rings (SSSR count). The highest BCUT2D eigenvalue weighted by atomic mass is 32.1. The van der Waals surface area contributed by atoms with Crippen LogP contribution in [0.4, 0.5) is 0 Å². The number of thiophene rings is 1. The van der Waals surface area contributed by atoms with Crippen molar-refractivity contribution in [3.05, 3.63) is 28.5 Å². The summed E-state index contributed by atoms with van der Waals surface area (Å²) in [5.41, 5.74) is 2.76. The standard InChI is InChI=1S/C13H21NS/c1-11(2)9-14-7-4-5-12(3)13-6-8-15-10-13/h5-6,8,10-11,14H,4,7,9H2,1-3H3. The molecule has 0 aromatic carbocycles. The molecule has 0 bridgehead atoms. The lowest BCUT2D eigenvalue weighted by molar-refractivity contribution is 0.557. The summed E-state index contributed by atoms with van der Waals surface area (Å²) in [5, 5.41) is 7.77. The minimum Gasteiger partial charge on any atom is -0.316 e. The molecular formula is C13H21NS. The van der Waals surface area contributed by atoms with Gasteiger partial charge >= 0.3 is 0 Å². The number of nitrogens with one attached hydrogen (secondary N) is 1. The van der Waals surface area contributed by atoms with E-state index >= 15 is 0 Å². The number of allylic oxidation sites excluding steroid dienone is 1. The normalized spacial score (nSPS) is 12.4. The van der Waals surface area contributed by atoms with Crippen LogP contribution in [-0.4, -0.2) is 13.1 Å². The van der Waals surface area contributed by atoms with Crippen molar-refractivity contribution in [2.24, 2.45) is 5.92 Å². The van der Waals surface area contributed by atoms with Crippen LogP contribution in [0.1, 0.15) is 32.8 Å². The Morgan fingerprint density at radius 1 is 1.53 bits per heavy atom. The summed E-state index contributed by atoms with van der Waals surface area (Å²) >= 11 is 1.76. The first kappa shape index (κ1) is 12.5. The summed E-state index contributed by atoms with van der Waals surface area (Å²) in [7, 11) is 0. The Morgan fingerprint density at radius 3 is 2.93 bits per heavy atom. The first-order chi connectivity index (χ1) is 7.20. The van der Waals surface area contributed by atoms with Crippen molar-refractivity contribution < 1.29 is 0 Å². The average molecular weight is 223 g/mol. The Labute approximate surface area is 97.2 Å². The van der Waals surface area contributed by atoms with Gasteiger partial charge in [0.15, 0.2) is 0 Å². The second-order valence-corrected chi connectivity index (χ2v) is 5.07. The topological polar surface area (TPSA) is 12.0 Å². The molecule has 0 amide bonds. The van der Waals surface area contributed by atoms with Gasteiger partial charge in [-0.25, -0.2) is 0 Å². The fraction of sp³-hybridized carbons (Fsp3) is 0.538. The van der Waals surface area contributed by atoms with Crippen molar-refractivity contribution in [3.63, 3.8) is 0 Å². The van der Waals surface area contributed by atoms with Crippen LogP contribution in [-0.2, 0) is 0 Å². The molecule has 0 aliphatic rings. The zero-order chi connectivity index (χ0) is 11.1. The summed E-state index contributed by atoms with van der Waals surface area (Å²) in [6.07, 6.45) is 3.43. The summed E-state index contributed by atoms with van der Waals surface area (Å²) in [5.74, 6) is 0.743. The van der Waals surface area contributed by atoms with E-state index in [9.17, 15) is 0 Å². The third-order valence-corrected chi connectivity index (χ3v) is 2.98. The highest BCUT2D eigenvalue weighted by molar-refractivity contribution is 7.08. The van der Waals surface area contributed by atoms with Gasteiger partial charge < -0.3 is 5.32 Å². The Kier molecular flexibility index (Phi) is 5.66. The fourth-order valence-electron chi connectivity index (χ4n) is 1.39. The highest BCUT2D eigenvalue weighted by Crippen LogP contribution is 2.16. The first-order valence-electron chi connectivity index (χ1n) is 5.60. The van der Waals surface area contributed by atoms with Crippen molar-refractivity contribution >= 4 is 16.9 Å². The van der Waals surface area contributed by atoms with Gasteiger partial charge in [0.1, 0.15) is 0 Å². The summed E-state index contributed by atoms with van der Waals surface area (Å²) < 4.78 is 0. The van der Waals surface area contributed by atoms with Gasteiger partial charge in [0.25, 0.3) is 0 Å². The Bertz CT molecular complexity index is 285. The molecule has 1 nitrogen and oxygen atoms in total. The van der Waals surface area contributed by atoms with Crippen LogP contribution < -0.4 is 5.32 Å². The van der Waals surface area contributed by atoms with E-state index in [1.54, 1.807) is 11.3 Å². The van der Waals surface area contributed by atoms with Crippen LogP contribution in [0.5, 0.6) is 0 Å². The van der Waals surface area contributed by atoms with Crippen LogP contribution in [0.2, 0.25) is 0 Å². The number of rotatable bonds is 6. The molecule has 1 aromatic heterocycles. The third-order valence-electron chi connectivity index (χ3n) is 2.30. The monoisotopic (exact) mass is 223 g/mol. The smallest absolute Gasteiger partial charge is 0.00139 e. The van der Waals surface area contributed by atoms with E-state index in [-0.39, 0.29) is 0 Å². The quantitative estimate of drug-likeness (QED) is 0.724. The van der Waals surface area contributed by atoms with Crippen molar-refractivity contribution in [1.82, 2.24) is 5.32 Å². The minimum atomic E-state index is 0.743. The molecule has 0 spiro atoms. The van der Waals surface area contributed by atoms with Gasteiger partial charge in [-0.3, -0.25) is 0 Å². The molecule has 2 heteroatoms. The molecule has 0 aliphatic carbocycles.